The maximum atomic E-state index is 10.9. The van der Waals surface area contributed by atoms with E-state index in [1.165, 1.54) is 0 Å². The minimum Gasteiger partial charge on any atom is -0.491 e. The van der Waals surface area contributed by atoms with Crippen LogP contribution in [0.1, 0.15) is 24.1 Å². The summed E-state index contributed by atoms with van der Waals surface area (Å²) in [5.74, 6) is 0.820. The normalized spacial score (nSPS) is 22.2. The van der Waals surface area contributed by atoms with E-state index in [4.69, 9.17) is 4.74 Å². The largest absolute Gasteiger partial charge is 0.491 e. The molecule has 5 heteroatoms. The Bertz CT molecular complexity index is 655. The molecule has 1 aliphatic rings. The predicted molar refractivity (Wildman–Crippen MR) is 89.3 cm³/mol. The van der Waals surface area contributed by atoms with Gasteiger partial charge in [-0.2, -0.15) is 5.10 Å². The van der Waals surface area contributed by atoms with E-state index in [2.05, 4.69) is 10.00 Å². The fourth-order valence-electron chi connectivity index (χ4n) is 3.16. The van der Waals surface area contributed by atoms with Crippen LogP contribution in [0.4, 0.5) is 0 Å². The van der Waals surface area contributed by atoms with Gasteiger partial charge < -0.3 is 9.84 Å². The van der Waals surface area contributed by atoms with E-state index in [1.807, 2.05) is 55.2 Å². The highest BCUT2D eigenvalue weighted by molar-refractivity contribution is 5.27. The fraction of sp³-hybridized carbons (Fsp3) is 0.500. The minimum absolute atomic E-state index is 0.329. The summed E-state index contributed by atoms with van der Waals surface area (Å²) in [6.45, 7) is 4.75. The third-order valence-electron chi connectivity index (χ3n) is 4.29. The Morgan fingerprint density at radius 1 is 1.35 bits per heavy atom. The summed E-state index contributed by atoms with van der Waals surface area (Å²) in [5, 5.41) is 15.3. The summed E-state index contributed by atoms with van der Waals surface area (Å²) in [5.41, 5.74) is 1.41. The van der Waals surface area contributed by atoms with E-state index in [1.54, 1.807) is 0 Å². The highest BCUT2D eigenvalue weighted by Gasteiger charge is 2.34. The number of benzene rings is 1. The number of aryl methyl sites for hydroxylation is 2. The lowest BCUT2D eigenvalue weighted by Gasteiger charge is -2.38. The summed E-state index contributed by atoms with van der Waals surface area (Å²) in [6, 6.07) is 9.97. The molecule has 2 heterocycles. The molecule has 1 saturated heterocycles. The molecule has 1 aromatic heterocycles. The van der Waals surface area contributed by atoms with Gasteiger partial charge in [0.15, 0.2) is 0 Å². The molecule has 1 atom stereocenters. The number of hydrogen-bond acceptors (Lipinski definition) is 4. The van der Waals surface area contributed by atoms with Crippen molar-refractivity contribution in [3.8, 4) is 5.75 Å². The summed E-state index contributed by atoms with van der Waals surface area (Å²) < 4.78 is 7.65. The average molecular weight is 315 g/mol. The first-order valence-corrected chi connectivity index (χ1v) is 8.15. The SMILES string of the molecule is Cc1cccc(OCC2(O)CCCN(Cc3ccn(C)n3)C2)c1. The third kappa shape index (κ3) is 4.33. The van der Waals surface area contributed by atoms with Gasteiger partial charge in [-0.05, 0) is 50.1 Å². The predicted octanol–water partition coefficient (Wildman–Crippen LogP) is 2.13. The molecule has 1 unspecified atom stereocenters. The Labute approximate surface area is 137 Å². The molecule has 3 rings (SSSR count). The molecular weight excluding hydrogens is 290 g/mol. The van der Waals surface area contributed by atoms with Crippen molar-refractivity contribution < 1.29 is 9.84 Å². The van der Waals surface area contributed by atoms with Gasteiger partial charge in [0.1, 0.15) is 18.0 Å². The van der Waals surface area contributed by atoms with Crippen molar-refractivity contribution >= 4 is 0 Å². The van der Waals surface area contributed by atoms with Crippen molar-refractivity contribution in [2.24, 2.45) is 7.05 Å². The lowest BCUT2D eigenvalue weighted by atomic mass is 9.93. The first kappa shape index (κ1) is 16.0. The first-order valence-electron chi connectivity index (χ1n) is 8.15. The van der Waals surface area contributed by atoms with Gasteiger partial charge in [-0.1, -0.05) is 12.1 Å². The number of ether oxygens (including phenoxy) is 1. The van der Waals surface area contributed by atoms with Crippen LogP contribution in [0.25, 0.3) is 0 Å². The maximum absolute atomic E-state index is 10.9. The molecule has 1 aromatic carbocycles. The molecule has 0 radical (unpaired) electrons. The van der Waals surface area contributed by atoms with Crippen LogP contribution < -0.4 is 4.74 Å². The lowest BCUT2D eigenvalue weighted by molar-refractivity contribution is -0.0623. The summed E-state index contributed by atoms with van der Waals surface area (Å²) >= 11 is 0. The molecule has 0 amide bonds. The highest BCUT2D eigenvalue weighted by Crippen LogP contribution is 2.24. The molecule has 0 saturated carbocycles. The zero-order valence-electron chi connectivity index (χ0n) is 13.9. The first-order chi connectivity index (χ1) is 11.0. The number of rotatable bonds is 5. The highest BCUT2D eigenvalue weighted by atomic mass is 16.5. The Hall–Kier alpha value is -1.85. The maximum Gasteiger partial charge on any atom is 0.119 e. The van der Waals surface area contributed by atoms with Gasteiger partial charge in [0, 0.05) is 26.3 Å². The molecule has 2 aromatic rings. The summed E-state index contributed by atoms with van der Waals surface area (Å²) in [6.07, 6.45) is 3.70. The topological polar surface area (TPSA) is 50.5 Å². The monoisotopic (exact) mass is 315 g/mol. The van der Waals surface area contributed by atoms with Gasteiger partial charge in [0.25, 0.3) is 0 Å². The molecule has 124 valence electrons. The number of β-amino-alcohol motifs (C(OH)–C–C–N with tert-alkyl or cyclic N) is 1. The Morgan fingerprint density at radius 3 is 2.96 bits per heavy atom. The average Bonchev–Trinajstić information content (AvgIpc) is 2.91. The van der Waals surface area contributed by atoms with Crippen LogP contribution >= 0.6 is 0 Å². The Morgan fingerprint density at radius 2 is 2.22 bits per heavy atom. The van der Waals surface area contributed by atoms with Gasteiger partial charge in [-0.3, -0.25) is 9.58 Å². The van der Waals surface area contributed by atoms with Crippen molar-refractivity contribution in [1.29, 1.82) is 0 Å². The van der Waals surface area contributed by atoms with Crippen LogP contribution in [-0.4, -0.2) is 45.1 Å². The van der Waals surface area contributed by atoms with E-state index in [9.17, 15) is 5.11 Å². The van der Waals surface area contributed by atoms with E-state index >= 15 is 0 Å². The van der Waals surface area contributed by atoms with Crippen molar-refractivity contribution in [3.63, 3.8) is 0 Å². The summed E-state index contributed by atoms with van der Waals surface area (Å²) in [4.78, 5) is 2.26. The van der Waals surface area contributed by atoms with E-state index < -0.39 is 5.60 Å². The van der Waals surface area contributed by atoms with Gasteiger partial charge in [0.05, 0.1) is 5.69 Å². The number of hydrogen-bond donors (Lipinski definition) is 1. The van der Waals surface area contributed by atoms with Crippen LogP contribution in [0.5, 0.6) is 5.75 Å². The van der Waals surface area contributed by atoms with Crippen molar-refractivity contribution in [3.05, 3.63) is 47.8 Å². The smallest absolute Gasteiger partial charge is 0.119 e. The quantitative estimate of drug-likeness (QED) is 0.918. The lowest BCUT2D eigenvalue weighted by Crippen LogP contribution is -2.51. The second-order valence-corrected chi connectivity index (χ2v) is 6.62. The molecule has 0 spiro atoms. The molecule has 0 bridgehead atoms. The van der Waals surface area contributed by atoms with Gasteiger partial charge in [-0.15, -0.1) is 0 Å². The van der Waals surface area contributed by atoms with E-state index in [-0.39, 0.29) is 0 Å². The van der Waals surface area contributed by atoms with Crippen molar-refractivity contribution in [1.82, 2.24) is 14.7 Å². The van der Waals surface area contributed by atoms with Crippen LogP contribution in [0, 0.1) is 6.92 Å². The second-order valence-electron chi connectivity index (χ2n) is 6.62. The van der Waals surface area contributed by atoms with Crippen LogP contribution in [0.15, 0.2) is 36.5 Å². The van der Waals surface area contributed by atoms with Gasteiger partial charge in [0.2, 0.25) is 0 Å². The van der Waals surface area contributed by atoms with Gasteiger partial charge in [-0.25, -0.2) is 0 Å². The molecular formula is C18H25N3O2. The van der Waals surface area contributed by atoms with Crippen molar-refractivity contribution in [2.75, 3.05) is 19.7 Å². The third-order valence-corrected chi connectivity index (χ3v) is 4.29. The Balaban J connectivity index is 1.57. The second kappa shape index (κ2) is 6.72. The van der Waals surface area contributed by atoms with Crippen molar-refractivity contribution in [2.45, 2.75) is 31.9 Å². The number of likely N-dealkylation sites (tertiary alicyclic amines) is 1. The number of nitrogens with zero attached hydrogens (tertiary/aromatic N) is 3. The molecule has 1 aliphatic heterocycles. The van der Waals surface area contributed by atoms with E-state index in [0.29, 0.717) is 13.2 Å². The molecule has 1 N–H and O–H groups in total. The molecule has 23 heavy (non-hydrogen) atoms. The standard InChI is InChI=1S/C18H25N3O2/c1-15-5-3-6-17(11-15)23-14-18(22)8-4-9-21(13-18)12-16-7-10-20(2)19-16/h3,5-7,10-11,22H,4,8-9,12-14H2,1-2H3. The van der Waals surface area contributed by atoms with E-state index in [0.717, 1.165) is 42.9 Å². The summed E-state index contributed by atoms with van der Waals surface area (Å²) in [7, 11) is 1.92. The van der Waals surface area contributed by atoms with Crippen LogP contribution in [-0.2, 0) is 13.6 Å². The number of aromatic nitrogens is 2. The fourth-order valence-corrected chi connectivity index (χ4v) is 3.16. The minimum atomic E-state index is -0.795. The number of aliphatic hydroxyl groups is 1. The zero-order chi connectivity index (χ0) is 16.3. The zero-order valence-corrected chi connectivity index (χ0v) is 13.9. The van der Waals surface area contributed by atoms with Gasteiger partial charge >= 0.3 is 0 Å². The number of piperidine rings is 1. The molecule has 5 nitrogen and oxygen atoms in total. The molecule has 0 aliphatic carbocycles. The van der Waals surface area contributed by atoms with Crippen LogP contribution in [0.3, 0.4) is 0 Å². The van der Waals surface area contributed by atoms with Crippen LogP contribution in [0.2, 0.25) is 0 Å². The molecule has 1 fully saturated rings. The Kier molecular flexibility index (Phi) is 4.68.